The third kappa shape index (κ3) is 6.78. The van der Waals surface area contributed by atoms with Crippen LogP contribution in [-0.2, 0) is 17.8 Å². The van der Waals surface area contributed by atoms with Crippen molar-refractivity contribution in [2.24, 2.45) is 17.8 Å². The number of carbonyl (C=O) groups excluding carboxylic acids is 2. The lowest BCUT2D eigenvalue weighted by atomic mass is 9.81. The molecule has 1 aliphatic heterocycles. The maximum atomic E-state index is 14.0. The second-order valence-corrected chi connectivity index (χ2v) is 12.1. The fourth-order valence-electron chi connectivity index (χ4n) is 6.03. The number of imidazole rings is 1. The van der Waals surface area contributed by atoms with Gasteiger partial charge in [-0.2, -0.15) is 23.4 Å². The molecule has 4 atom stereocenters. The molecule has 9 nitrogen and oxygen atoms in total. The van der Waals surface area contributed by atoms with E-state index in [1.807, 2.05) is 6.92 Å². The summed E-state index contributed by atoms with van der Waals surface area (Å²) >= 11 is 6.44. The minimum atomic E-state index is -4.44. The lowest BCUT2D eigenvalue weighted by Crippen LogP contribution is -2.47. The second kappa shape index (κ2) is 12.0. The van der Waals surface area contributed by atoms with Crippen molar-refractivity contribution < 1.29 is 31.5 Å². The van der Waals surface area contributed by atoms with E-state index < -0.39 is 53.7 Å². The molecule has 2 aliphatic rings. The quantitative estimate of drug-likeness (QED) is 0.256. The van der Waals surface area contributed by atoms with E-state index in [-0.39, 0.29) is 44.4 Å². The van der Waals surface area contributed by atoms with Crippen molar-refractivity contribution in [1.29, 1.82) is 0 Å². The number of halogens is 6. The summed E-state index contributed by atoms with van der Waals surface area (Å²) in [6.07, 6.45) is -2.09. The monoisotopic (exact) mass is 629 g/mol. The maximum Gasteiger partial charge on any atom is 0.393 e. The summed E-state index contributed by atoms with van der Waals surface area (Å²) in [5, 5.41) is 13.5. The van der Waals surface area contributed by atoms with E-state index in [0.29, 0.717) is 34.8 Å². The molecule has 5 rings (SSSR count). The lowest BCUT2D eigenvalue weighted by Gasteiger charge is -2.33. The van der Waals surface area contributed by atoms with Gasteiger partial charge in [-0.3, -0.25) is 14.3 Å². The summed E-state index contributed by atoms with van der Waals surface area (Å²) in [5.74, 6) is -6.63. The predicted octanol–water partition coefficient (Wildman–Crippen LogP) is 5.40. The summed E-state index contributed by atoms with van der Waals surface area (Å²) in [5.41, 5.74) is 1.95. The summed E-state index contributed by atoms with van der Waals surface area (Å²) in [6, 6.07) is 2.51. The fraction of sp³-hybridized carbons (Fsp3) is 0.607. The van der Waals surface area contributed by atoms with Crippen LogP contribution in [0.5, 0.6) is 0 Å². The van der Waals surface area contributed by atoms with Gasteiger partial charge in [0, 0.05) is 44.5 Å². The average Bonchev–Trinajstić information content (AvgIpc) is 3.58. The number of nitrogens with one attached hydrogen (secondary N) is 2. The van der Waals surface area contributed by atoms with Crippen molar-refractivity contribution in [3.05, 3.63) is 47.2 Å². The number of aromatic nitrogens is 5. The molecule has 2 amide bonds. The number of hydrogen-bond donors (Lipinski definition) is 2. The minimum absolute atomic E-state index is 0.0624. The Morgan fingerprint density at radius 2 is 2.00 bits per heavy atom. The van der Waals surface area contributed by atoms with E-state index in [1.165, 1.54) is 15.4 Å². The SMILES string of the molecule is CCn1nccc1C(=O)N[C@H](c1cn2nc(C[C@H]3C[C@@H](C(F)(F)F)CNC3=O)c(C(C)Cl)cc2n1)C1CCC(F)(F)CC1. The Hall–Kier alpha value is -3.29. The van der Waals surface area contributed by atoms with Crippen LogP contribution >= 0.6 is 11.6 Å². The zero-order valence-electron chi connectivity index (χ0n) is 23.7. The Morgan fingerprint density at radius 1 is 1.28 bits per heavy atom. The van der Waals surface area contributed by atoms with Gasteiger partial charge >= 0.3 is 6.18 Å². The molecular weight excluding hydrogens is 597 g/mol. The van der Waals surface area contributed by atoms with Crippen LogP contribution in [0.1, 0.15) is 84.8 Å². The van der Waals surface area contributed by atoms with Crippen LogP contribution in [0.4, 0.5) is 22.0 Å². The highest BCUT2D eigenvalue weighted by Gasteiger charge is 2.45. The second-order valence-electron chi connectivity index (χ2n) is 11.4. The molecular formula is C28H33ClF5N7O2. The van der Waals surface area contributed by atoms with Gasteiger partial charge in [0.1, 0.15) is 5.69 Å². The first-order valence-corrected chi connectivity index (χ1v) is 14.8. The molecule has 1 unspecified atom stereocenters. The van der Waals surface area contributed by atoms with Crippen molar-refractivity contribution >= 4 is 29.1 Å². The van der Waals surface area contributed by atoms with Crippen molar-refractivity contribution in [2.75, 3.05) is 6.54 Å². The van der Waals surface area contributed by atoms with Crippen LogP contribution in [0, 0.1) is 17.8 Å². The van der Waals surface area contributed by atoms with Crippen molar-refractivity contribution in [1.82, 2.24) is 35.0 Å². The molecule has 2 N–H and O–H groups in total. The van der Waals surface area contributed by atoms with Crippen LogP contribution in [0.25, 0.3) is 5.65 Å². The van der Waals surface area contributed by atoms with Gasteiger partial charge in [-0.1, -0.05) is 0 Å². The Labute approximate surface area is 249 Å². The van der Waals surface area contributed by atoms with Crippen LogP contribution < -0.4 is 10.6 Å². The van der Waals surface area contributed by atoms with Gasteiger partial charge in [0.25, 0.3) is 5.91 Å². The molecule has 43 heavy (non-hydrogen) atoms. The standard InChI is InChI=1S/C28H33ClF5N7O2/c1-3-40-22(6-9-36-40)26(43)38-24(16-4-7-27(30,31)8-5-16)21-14-41-23(37-21)12-19(15(2)29)20(39-41)11-17-10-18(28(32,33)34)13-35-25(17)42/h6,9,12,14-18,24H,3-5,7-8,10-11,13H2,1-2H3,(H,35,42)(H,38,43)/t15?,17-,18-,24+/m1/s1. The number of hydrogen-bond acceptors (Lipinski definition) is 5. The van der Waals surface area contributed by atoms with Gasteiger partial charge in [-0.05, 0) is 56.7 Å². The van der Waals surface area contributed by atoms with E-state index in [0.717, 1.165) is 0 Å². The lowest BCUT2D eigenvalue weighted by molar-refractivity contribution is -0.183. The summed E-state index contributed by atoms with van der Waals surface area (Å²) in [4.78, 5) is 30.5. The van der Waals surface area contributed by atoms with Crippen molar-refractivity contribution in [3.8, 4) is 0 Å². The number of alkyl halides is 6. The Balaban J connectivity index is 1.48. The van der Waals surface area contributed by atoms with Crippen LogP contribution in [-0.4, -0.2) is 54.8 Å². The van der Waals surface area contributed by atoms with Gasteiger partial charge in [-0.25, -0.2) is 18.3 Å². The van der Waals surface area contributed by atoms with E-state index >= 15 is 0 Å². The number of carbonyl (C=O) groups is 2. The summed E-state index contributed by atoms with van der Waals surface area (Å²) < 4.78 is 71.3. The third-order valence-corrected chi connectivity index (χ3v) is 8.70. The minimum Gasteiger partial charge on any atom is -0.355 e. The van der Waals surface area contributed by atoms with Gasteiger partial charge in [-0.15, -0.1) is 11.6 Å². The van der Waals surface area contributed by atoms with E-state index in [2.05, 4.69) is 25.8 Å². The van der Waals surface area contributed by atoms with Gasteiger partial charge in [0.15, 0.2) is 5.65 Å². The van der Waals surface area contributed by atoms with E-state index in [4.69, 9.17) is 11.6 Å². The zero-order valence-corrected chi connectivity index (χ0v) is 24.4. The molecule has 0 bridgehead atoms. The molecule has 4 heterocycles. The predicted molar refractivity (Wildman–Crippen MR) is 147 cm³/mol. The van der Waals surface area contributed by atoms with E-state index in [9.17, 15) is 31.5 Å². The first-order valence-electron chi connectivity index (χ1n) is 14.3. The first-order chi connectivity index (χ1) is 20.3. The third-order valence-electron chi connectivity index (χ3n) is 8.46. The molecule has 15 heteroatoms. The van der Waals surface area contributed by atoms with Crippen LogP contribution in [0.3, 0.4) is 0 Å². The molecule has 1 saturated heterocycles. The highest BCUT2D eigenvalue weighted by Crippen LogP contribution is 2.42. The average molecular weight is 630 g/mol. The number of rotatable bonds is 8. The first kappa shape index (κ1) is 31.1. The molecule has 0 spiro atoms. The molecule has 2 fully saturated rings. The van der Waals surface area contributed by atoms with Gasteiger partial charge in [0.2, 0.25) is 11.8 Å². The zero-order chi connectivity index (χ0) is 31.1. The molecule has 3 aromatic heterocycles. The van der Waals surface area contributed by atoms with Gasteiger partial charge in [0.05, 0.1) is 34.9 Å². The summed E-state index contributed by atoms with van der Waals surface area (Å²) in [6.45, 7) is 3.52. The molecule has 3 aromatic rings. The normalized spacial score (nSPS) is 22.7. The maximum absolute atomic E-state index is 14.0. The molecule has 1 saturated carbocycles. The number of fused-ring (bicyclic) bond motifs is 1. The number of nitrogens with zero attached hydrogens (tertiary/aromatic N) is 5. The molecule has 0 radical (unpaired) electrons. The highest BCUT2D eigenvalue weighted by molar-refractivity contribution is 6.20. The molecule has 234 valence electrons. The number of aryl methyl sites for hydroxylation is 1. The van der Waals surface area contributed by atoms with Crippen LogP contribution in [0.15, 0.2) is 24.5 Å². The highest BCUT2D eigenvalue weighted by atomic mass is 35.5. The topological polar surface area (TPSA) is 106 Å². The Morgan fingerprint density at radius 3 is 2.65 bits per heavy atom. The molecule has 1 aliphatic carbocycles. The Kier molecular flexibility index (Phi) is 8.70. The smallest absolute Gasteiger partial charge is 0.355 e. The van der Waals surface area contributed by atoms with Crippen molar-refractivity contribution in [3.63, 3.8) is 0 Å². The van der Waals surface area contributed by atoms with Gasteiger partial charge < -0.3 is 10.6 Å². The fourth-order valence-corrected chi connectivity index (χ4v) is 6.22. The number of piperidine rings is 1. The van der Waals surface area contributed by atoms with E-state index in [1.54, 1.807) is 25.3 Å². The number of amides is 2. The largest absolute Gasteiger partial charge is 0.393 e. The molecule has 0 aromatic carbocycles. The van der Waals surface area contributed by atoms with Crippen LogP contribution in [0.2, 0.25) is 0 Å². The van der Waals surface area contributed by atoms with Crippen molar-refractivity contribution in [2.45, 2.75) is 82.4 Å². The Bertz CT molecular complexity index is 1480. The summed E-state index contributed by atoms with van der Waals surface area (Å²) in [7, 11) is 0.